The molecule has 1 heterocycles. The first-order valence-electron chi connectivity index (χ1n) is 13.3. The molecule has 0 aliphatic heterocycles. The van der Waals surface area contributed by atoms with E-state index in [0.717, 1.165) is 22.4 Å². The quantitative estimate of drug-likeness (QED) is 0.100. The minimum Gasteiger partial charge on any atom is -0.298 e. The van der Waals surface area contributed by atoms with Gasteiger partial charge in [0, 0.05) is 41.8 Å². The number of allylic oxidation sites excluding steroid dienone is 1. The predicted molar refractivity (Wildman–Crippen MR) is 157 cm³/mol. The maximum absolute atomic E-state index is 13.9. The van der Waals surface area contributed by atoms with Crippen molar-refractivity contribution in [2.75, 3.05) is 0 Å². The zero-order valence-corrected chi connectivity index (χ0v) is 22.0. The third-order valence-electron chi connectivity index (χ3n) is 7.42. The lowest BCUT2D eigenvalue weighted by atomic mass is 9.69. The second-order valence-electron chi connectivity index (χ2n) is 9.96. The molecule has 0 spiro atoms. The van der Waals surface area contributed by atoms with E-state index in [9.17, 15) is 19.7 Å². The lowest BCUT2D eigenvalue weighted by Crippen LogP contribution is -2.35. The molecule has 6 rings (SSSR count). The van der Waals surface area contributed by atoms with E-state index < -0.39 is 16.8 Å². The minimum atomic E-state index is -1.01. The molecule has 1 aromatic heterocycles. The number of fused-ring (bicyclic) bond motifs is 1. The van der Waals surface area contributed by atoms with Gasteiger partial charge in [0.05, 0.1) is 22.2 Å². The minimum absolute atomic E-state index is 0.0438. The van der Waals surface area contributed by atoms with E-state index in [1.165, 1.54) is 18.2 Å². The monoisotopic (exact) mass is 539 g/mol. The van der Waals surface area contributed by atoms with Crippen LogP contribution in [-0.4, -0.2) is 26.3 Å². The van der Waals surface area contributed by atoms with Crippen molar-refractivity contribution < 1.29 is 14.5 Å². The highest BCUT2D eigenvalue weighted by atomic mass is 16.6. The number of Topliss-reactive ketones (excluding diaryl/α,β-unsaturated/α-hetero) is 1. The van der Waals surface area contributed by atoms with Crippen LogP contribution in [0.4, 0.5) is 5.69 Å². The van der Waals surface area contributed by atoms with Crippen LogP contribution in [0.15, 0.2) is 121 Å². The standard InChI is InChI=1S/C34H25N3O4/c38-30(19-17-26-22-36(27-14-8-3-9-15-27)35-34(26)24-12-6-2-7-13-24)33-31(39)20-25-16-18-28(37(40)41)21-29(25)32(33)23-10-4-1-5-11-23/h1-19,21-22,32-33H,20H2/b19-17+. The van der Waals surface area contributed by atoms with Crippen molar-refractivity contribution in [3.63, 3.8) is 0 Å². The van der Waals surface area contributed by atoms with Gasteiger partial charge in [-0.05, 0) is 41.0 Å². The van der Waals surface area contributed by atoms with Crippen LogP contribution in [0, 0.1) is 16.0 Å². The topological polar surface area (TPSA) is 95.1 Å². The SMILES string of the molecule is O=C(/C=C/c1cn(-c2ccccc2)nc1-c1ccccc1)C1C(=O)Cc2ccc([N+](=O)[O-])cc2C1c1ccccc1. The van der Waals surface area contributed by atoms with Gasteiger partial charge in [-0.2, -0.15) is 5.10 Å². The summed E-state index contributed by atoms with van der Waals surface area (Å²) in [6.45, 7) is 0. The number of carbonyl (C=O) groups is 2. The van der Waals surface area contributed by atoms with Crippen LogP contribution in [-0.2, 0) is 16.0 Å². The Morgan fingerprint density at radius 3 is 2.24 bits per heavy atom. The highest BCUT2D eigenvalue weighted by molar-refractivity contribution is 6.11. The van der Waals surface area contributed by atoms with Gasteiger partial charge in [-0.15, -0.1) is 0 Å². The van der Waals surface area contributed by atoms with E-state index in [4.69, 9.17) is 5.10 Å². The zero-order valence-electron chi connectivity index (χ0n) is 22.0. The van der Waals surface area contributed by atoms with E-state index in [2.05, 4.69) is 0 Å². The fourth-order valence-corrected chi connectivity index (χ4v) is 5.48. The third-order valence-corrected chi connectivity index (χ3v) is 7.42. The zero-order chi connectivity index (χ0) is 28.3. The van der Waals surface area contributed by atoms with Gasteiger partial charge in [-0.1, -0.05) is 84.9 Å². The van der Waals surface area contributed by atoms with Crippen LogP contribution in [0.1, 0.15) is 28.2 Å². The number of non-ortho nitro benzene ring substituents is 1. The number of hydrogen-bond acceptors (Lipinski definition) is 5. The number of aromatic nitrogens is 2. The molecule has 7 heteroatoms. The van der Waals surface area contributed by atoms with E-state index in [-0.39, 0.29) is 23.7 Å². The Labute approximate surface area is 236 Å². The van der Waals surface area contributed by atoms with Crippen molar-refractivity contribution in [1.29, 1.82) is 0 Å². The fraction of sp³-hybridized carbons (Fsp3) is 0.0882. The lowest BCUT2D eigenvalue weighted by molar-refractivity contribution is -0.385. The molecule has 0 radical (unpaired) electrons. The number of ketones is 2. The highest BCUT2D eigenvalue weighted by Crippen LogP contribution is 2.41. The number of rotatable bonds is 7. The van der Waals surface area contributed by atoms with Crippen LogP contribution in [0.2, 0.25) is 0 Å². The fourth-order valence-electron chi connectivity index (χ4n) is 5.48. The van der Waals surface area contributed by atoms with Crippen molar-refractivity contribution in [2.24, 2.45) is 5.92 Å². The van der Waals surface area contributed by atoms with Gasteiger partial charge in [-0.25, -0.2) is 4.68 Å². The first-order chi connectivity index (χ1) is 20.0. The molecule has 0 saturated carbocycles. The number of nitrogens with zero attached hydrogens (tertiary/aromatic N) is 3. The molecule has 4 aromatic carbocycles. The molecule has 2 unspecified atom stereocenters. The van der Waals surface area contributed by atoms with Crippen molar-refractivity contribution >= 4 is 23.3 Å². The Balaban J connectivity index is 1.41. The largest absolute Gasteiger partial charge is 0.298 e. The first kappa shape index (κ1) is 25.8. The average molecular weight is 540 g/mol. The summed E-state index contributed by atoms with van der Waals surface area (Å²) < 4.78 is 1.76. The maximum atomic E-state index is 13.9. The molecule has 0 saturated heterocycles. The third kappa shape index (κ3) is 5.13. The van der Waals surface area contributed by atoms with Gasteiger partial charge in [0.1, 0.15) is 5.78 Å². The van der Waals surface area contributed by atoms with Crippen LogP contribution < -0.4 is 0 Å². The number of nitro benzene ring substituents is 1. The van der Waals surface area contributed by atoms with Crippen molar-refractivity contribution in [3.8, 4) is 16.9 Å². The Hall–Kier alpha value is -5.43. The van der Waals surface area contributed by atoms with Crippen LogP contribution in [0.5, 0.6) is 0 Å². The molecule has 0 amide bonds. The highest BCUT2D eigenvalue weighted by Gasteiger charge is 2.41. The molecule has 1 aliphatic carbocycles. The molecule has 0 fully saturated rings. The Bertz CT molecular complexity index is 1780. The van der Waals surface area contributed by atoms with E-state index >= 15 is 0 Å². The van der Waals surface area contributed by atoms with Gasteiger partial charge in [0.2, 0.25) is 0 Å². The number of nitro groups is 1. The van der Waals surface area contributed by atoms with Crippen LogP contribution >= 0.6 is 0 Å². The molecular formula is C34H25N3O4. The second kappa shape index (κ2) is 11.0. The lowest BCUT2D eigenvalue weighted by Gasteiger charge is -2.31. The normalized spacial score (nSPS) is 16.4. The molecule has 1 aliphatic rings. The molecule has 5 aromatic rings. The Kier molecular flexibility index (Phi) is 6.92. The summed E-state index contributed by atoms with van der Waals surface area (Å²) in [6, 6.07) is 33.2. The Morgan fingerprint density at radius 1 is 0.902 bits per heavy atom. The summed E-state index contributed by atoms with van der Waals surface area (Å²) in [5.74, 6) is -2.21. The molecule has 0 N–H and O–H groups in total. The molecular weight excluding hydrogens is 514 g/mol. The summed E-state index contributed by atoms with van der Waals surface area (Å²) in [4.78, 5) is 38.5. The molecule has 2 atom stereocenters. The molecule has 0 bridgehead atoms. The first-order valence-corrected chi connectivity index (χ1v) is 13.3. The Morgan fingerprint density at radius 2 is 1.56 bits per heavy atom. The molecule has 200 valence electrons. The van der Waals surface area contributed by atoms with Crippen molar-refractivity contribution in [3.05, 3.63) is 154 Å². The summed E-state index contributed by atoms with van der Waals surface area (Å²) >= 11 is 0. The van der Waals surface area contributed by atoms with E-state index in [0.29, 0.717) is 16.8 Å². The summed E-state index contributed by atoms with van der Waals surface area (Å²) in [7, 11) is 0. The molecule has 7 nitrogen and oxygen atoms in total. The van der Waals surface area contributed by atoms with Gasteiger partial charge in [0.15, 0.2) is 5.78 Å². The van der Waals surface area contributed by atoms with Crippen LogP contribution in [0.25, 0.3) is 23.0 Å². The van der Waals surface area contributed by atoms with Gasteiger partial charge in [-0.3, -0.25) is 19.7 Å². The summed E-state index contributed by atoms with van der Waals surface area (Å²) in [5.41, 5.74) is 5.24. The maximum Gasteiger partial charge on any atom is 0.269 e. The number of para-hydroxylation sites is 1. The number of benzene rings is 4. The van der Waals surface area contributed by atoms with E-state index in [1.807, 2.05) is 97.2 Å². The van der Waals surface area contributed by atoms with Crippen molar-refractivity contribution in [2.45, 2.75) is 12.3 Å². The second-order valence-corrected chi connectivity index (χ2v) is 9.96. The number of hydrogen-bond donors (Lipinski definition) is 0. The van der Waals surface area contributed by atoms with Crippen LogP contribution in [0.3, 0.4) is 0 Å². The van der Waals surface area contributed by atoms with Gasteiger partial charge < -0.3 is 0 Å². The van der Waals surface area contributed by atoms with Gasteiger partial charge >= 0.3 is 0 Å². The van der Waals surface area contributed by atoms with Crippen molar-refractivity contribution in [1.82, 2.24) is 9.78 Å². The molecule has 41 heavy (non-hydrogen) atoms. The smallest absolute Gasteiger partial charge is 0.269 e. The van der Waals surface area contributed by atoms with E-state index in [1.54, 1.807) is 16.8 Å². The number of carbonyl (C=O) groups excluding carboxylic acids is 2. The predicted octanol–water partition coefficient (Wildman–Crippen LogP) is 6.60. The summed E-state index contributed by atoms with van der Waals surface area (Å²) in [5, 5.41) is 16.4. The summed E-state index contributed by atoms with van der Waals surface area (Å²) in [6.07, 6.45) is 5.05. The average Bonchev–Trinajstić information content (AvgIpc) is 3.44. The van der Waals surface area contributed by atoms with Gasteiger partial charge in [0.25, 0.3) is 5.69 Å².